The molecule has 0 aromatic heterocycles. The molecule has 12 heavy (non-hydrogen) atoms. The molecule has 1 saturated heterocycles. The summed E-state index contributed by atoms with van der Waals surface area (Å²) in [5.74, 6) is -0.0579. The van der Waals surface area contributed by atoms with Crippen LogP contribution in [0.2, 0.25) is 0 Å². The van der Waals surface area contributed by atoms with E-state index in [-0.39, 0.29) is 18.6 Å². The van der Waals surface area contributed by atoms with E-state index in [2.05, 4.69) is 5.32 Å². The summed E-state index contributed by atoms with van der Waals surface area (Å²) in [6.45, 7) is 5.48. The largest absolute Gasteiger partial charge is 0.394 e. The van der Waals surface area contributed by atoms with Crippen molar-refractivity contribution in [1.82, 2.24) is 10.2 Å². The van der Waals surface area contributed by atoms with Gasteiger partial charge in [-0.25, -0.2) is 0 Å². The van der Waals surface area contributed by atoms with E-state index in [1.807, 2.05) is 18.7 Å². The molecule has 0 aromatic rings. The fourth-order valence-corrected chi connectivity index (χ4v) is 1.54. The average Bonchev–Trinajstić information content (AvgIpc) is 2.03. The number of carbonyl (C=O) groups is 1. The van der Waals surface area contributed by atoms with Crippen LogP contribution in [0, 0.1) is 0 Å². The van der Waals surface area contributed by atoms with Gasteiger partial charge in [-0.2, -0.15) is 0 Å². The first-order valence-electron chi connectivity index (χ1n) is 4.31. The van der Waals surface area contributed by atoms with Gasteiger partial charge < -0.3 is 10.4 Å². The van der Waals surface area contributed by atoms with Crippen molar-refractivity contribution in [1.29, 1.82) is 0 Å². The first-order chi connectivity index (χ1) is 5.66. The Hall–Kier alpha value is -0.610. The van der Waals surface area contributed by atoms with E-state index in [0.717, 1.165) is 6.54 Å². The molecule has 0 bridgehead atoms. The molecule has 1 fully saturated rings. The fraction of sp³-hybridized carbons (Fsp3) is 0.875. The van der Waals surface area contributed by atoms with Crippen molar-refractivity contribution in [3.8, 4) is 0 Å². The highest BCUT2D eigenvalue weighted by molar-refractivity contribution is 5.82. The number of amides is 1. The number of hydrogen-bond donors (Lipinski definition) is 2. The summed E-state index contributed by atoms with van der Waals surface area (Å²) in [6, 6.07) is -0.0352. The van der Waals surface area contributed by atoms with Crippen LogP contribution in [0.1, 0.15) is 13.8 Å². The zero-order chi connectivity index (χ0) is 9.14. The molecular weight excluding hydrogens is 156 g/mol. The van der Waals surface area contributed by atoms with Gasteiger partial charge in [-0.3, -0.25) is 9.69 Å². The van der Waals surface area contributed by atoms with Crippen LogP contribution in [0.25, 0.3) is 0 Å². The van der Waals surface area contributed by atoms with Gasteiger partial charge in [0.2, 0.25) is 5.91 Å². The van der Waals surface area contributed by atoms with Crippen molar-refractivity contribution in [2.45, 2.75) is 25.9 Å². The Balaban J connectivity index is 2.64. The molecule has 2 N–H and O–H groups in total. The van der Waals surface area contributed by atoms with E-state index in [9.17, 15) is 4.79 Å². The Morgan fingerprint density at radius 2 is 2.42 bits per heavy atom. The smallest absolute Gasteiger partial charge is 0.239 e. The number of nitrogens with one attached hydrogen (secondary N) is 1. The van der Waals surface area contributed by atoms with Crippen molar-refractivity contribution in [3.05, 3.63) is 0 Å². The van der Waals surface area contributed by atoms with Gasteiger partial charge in [0.25, 0.3) is 0 Å². The summed E-state index contributed by atoms with van der Waals surface area (Å²) in [6.07, 6.45) is 0. The van der Waals surface area contributed by atoms with Crippen LogP contribution >= 0.6 is 0 Å². The fourth-order valence-electron chi connectivity index (χ4n) is 1.54. The summed E-state index contributed by atoms with van der Waals surface area (Å²) in [4.78, 5) is 13.2. The maximum Gasteiger partial charge on any atom is 0.239 e. The SMILES string of the molecule is CC(C)N1CCNC(=O)C1CO. The highest BCUT2D eigenvalue weighted by Gasteiger charge is 2.30. The second kappa shape index (κ2) is 3.87. The summed E-state index contributed by atoms with van der Waals surface area (Å²) >= 11 is 0. The Morgan fingerprint density at radius 3 is 2.83 bits per heavy atom. The summed E-state index contributed by atoms with van der Waals surface area (Å²) in [7, 11) is 0. The minimum atomic E-state index is -0.348. The van der Waals surface area contributed by atoms with Crippen molar-refractivity contribution in [2.75, 3.05) is 19.7 Å². The second-order valence-electron chi connectivity index (χ2n) is 3.32. The highest BCUT2D eigenvalue weighted by atomic mass is 16.3. The summed E-state index contributed by atoms with van der Waals surface area (Å²) in [5.41, 5.74) is 0. The van der Waals surface area contributed by atoms with E-state index >= 15 is 0 Å². The second-order valence-corrected chi connectivity index (χ2v) is 3.32. The van der Waals surface area contributed by atoms with Crippen molar-refractivity contribution in [3.63, 3.8) is 0 Å². The average molecular weight is 172 g/mol. The predicted molar refractivity (Wildman–Crippen MR) is 45.7 cm³/mol. The Kier molecular flexibility index (Phi) is 3.05. The van der Waals surface area contributed by atoms with Crippen molar-refractivity contribution < 1.29 is 9.90 Å². The van der Waals surface area contributed by atoms with Crippen LogP contribution in [-0.4, -0.2) is 47.7 Å². The molecule has 70 valence electrons. The number of hydrogen-bond acceptors (Lipinski definition) is 3. The van der Waals surface area contributed by atoms with E-state index < -0.39 is 0 Å². The minimum absolute atomic E-state index is 0.0579. The maximum atomic E-state index is 11.2. The van der Waals surface area contributed by atoms with Gasteiger partial charge in [-0.15, -0.1) is 0 Å². The molecule has 0 saturated carbocycles. The number of aliphatic hydroxyl groups is 1. The van der Waals surface area contributed by atoms with Crippen LogP contribution in [0.5, 0.6) is 0 Å². The van der Waals surface area contributed by atoms with Crippen LogP contribution in [0.15, 0.2) is 0 Å². The number of aliphatic hydroxyl groups excluding tert-OH is 1. The standard InChI is InChI=1S/C8H16N2O2/c1-6(2)10-4-3-9-8(12)7(10)5-11/h6-7,11H,3-5H2,1-2H3,(H,9,12). The molecule has 1 heterocycles. The normalized spacial score (nSPS) is 26.0. The molecule has 0 aliphatic carbocycles. The third-order valence-electron chi connectivity index (χ3n) is 2.21. The van der Waals surface area contributed by atoms with Crippen LogP contribution in [0.3, 0.4) is 0 Å². The van der Waals surface area contributed by atoms with Gasteiger partial charge in [0.15, 0.2) is 0 Å². The molecule has 1 aliphatic rings. The molecule has 1 aliphatic heterocycles. The van der Waals surface area contributed by atoms with Crippen LogP contribution in [0.4, 0.5) is 0 Å². The zero-order valence-corrected chi connectivity index (χ0v) is 7.58. The van der Waals surface area contributed by atoms with E-state index in [1.165, 1.54) is 0 Å². The van der Waals surface area contributed by atoms with Gasteiger partial charge >= 0.3 is 0 Å². The van der Waals surface area contributed by atoms with Gasteiger partial charge in [0.1, 0.15) is 6.04 Å². The van der Waals surface area contributed by atoms with Gasteiger partial charge in [-0.1, -0.05) is 0 Å². The lowest BCUT2D eigenvalue weighted by Crippen LogP contribution is -2.58. The summed E-state index contributed by atoms with van der Waals surface area (Å²) in [5, 5.41) is 11.7. The Labute approximate surface area is 72.6 Å². The minimum Gasteiger partial charge on any atom is -0.394 e. The number of nitrogens with zero attached hydrogens (tertiary/aromatic N) is 1. The topological polar surface area (TPSA) is 52.6 Å². The lowest BCUT2D eigenvalue weighted by atomic mass is 10.1. The molecule has 0 aromatic carbocycles. The third-order valence-corrected chi connectivity index (χ3v) is 2.21. The highest BCUT2D eigenvalue weighted by Crippen LogP contribution is 2.08. The third kappa shape index (κ3) is 1.76. The van der Waals surface area contributed by atoms with Crippen molar-refractivity contribution >= 4 is 5.91 Å². The molecule has 1 unspecified atom stereocenters. The monoisotopic (exact) mass is 172 g/mol. The first kappa shape index (κ1) is 9.48. The molecule has 1 amide bonds. The number of piperazine rings is 1. The molecule has 1 rings (SSSR count). The molecule has 1 atom stereocenters. The Morgan fingerprint density at radius 1 is 1.75 bits per heavy atom. The predicted octanol–water partition coefficient (Wildman–Crippen LogP) is -0.812. The van der Waals surface area contributed by atoms with Gasteiger partial charge in [-0.05, 0) is 13.8 Å². The Bertz CT molecular complexity index is 170. The lowest BCUT2D eigenvalue weighted by molar-refractivity contribution is -0.131. The molecule has 4 heteroatoms. The zero-order valence-electron chi connectivity index (χ0n) is 7.58. The first-order valence-corrected chi connectivity index (χ1v) is 4.31. The maximum absolute atomic E-state index is 11.2. The van der Waals surface area contributed by atoms with Crippen molar-refractivity contribution in [2.24, 2.45) is 0 Å². The molecular formula is C8H16N2O2. The van der Waals surface area contributed by atoms with E-state index in [0.29, 0.717) is 12.6 Å². The number of carbonyl (C=O) groups excluding carboxylic acids is 1. The lowest BCUT2D eigenvalue weighted by Gasteiger charge is -2.36. The summed E-state index contributed by atoms with van der Waals surface area (Å²) < 4.78 is 0. The van der Waals surface area contributed by atoms with Crippen LogP contribution in [-0.2, 0) is 4.79 Å². The molecule has 0 spiro atoms. The quantitative estimate of drug-likeness (QED) is 0.572. The van der Waals surface area contributed by atoms with Gasteiger partial charge in [0, 0.05) is 19.1 Å². The molecule has 4 nitrogen and oxygen atoms in total. The van der Waals surface area contributed by atoms with Gasteiger partial charge in [0.05, 0.1) is 6.61 Å². The van der Waals surface area contributed by atoms with E-state index in [4.69, 9.17) is 5.11 Å². The molecule has 0 radical (unpaired) electrons. The number of rotatable bonds is 2. The van der Waals surface area contributed by atoms with E-state index in [1.54, 1.807) is 0 Å². The van der Waals surface area contributed by atoms with Crippen LogP contribution < -0.4 is 5.32 Å².